The topological polar surface area (TPSA) is 39.1 Å². The summed E-state index contributed by atoms with van der Waals surface area (Å²) in [7, 11) is 1.90. The minimum absolute atomic E-state index is 0.563. The van der Waals surface area contributed by atoms with Crippen molar-refractivity contribution in [2.24, 2.45) is 7.05 Å². The summed E-state index contributed by atoms with van der Waals surface area (Å²) in [5.41, 5.74) is 5.00. The Morgan fingerprint density at radius 1 is 1.25 bits per heavy atom. The first-order valence-electron chi connectivity index (χ1n) is 5.22. The molecule has 0 aliphatic carbocycles. The van der Waals surface area contributed by atoms with Gasteiger partial charge in [-0.2, -0.15) is 10.6 Å². The fourth-order valence-corrected chi connectivity index (χ4v) is 1.39. The van der Waals surface area contributed by atoms with E-state index in [1.54, 1.807) is 4.68 Å². The second kappa shape index (κ2) is 5.44. The summed E-state index contributed by atoms with van der Waals surface area (Å²) in [6.45, 7) is 1.18. The van der Waals surface area contributed by atoms with Gasteiger partial charge >= 0.3 is 0 Å². The van der Waals surface area contributed by atoms with Crippen LogP contribution in [0.15, 0.2) is 42.6 Å². The Morgan fingerprint density at radius 2 is 2.06 bits per heavy atom. The average Bonchev–Trinajstić information content (AvgIpc) is 2.72. The minimum Gasteiger partial charge on any atom is -0.297 e. The van der Waals surface area contributed by atoms with E-state index in [1.807, 2.05) is 49.6 Å². The fourth-order valence-electron chi connectivity index (χ4n) is 1.39. The van der Waals surface area contributed by atoms with Gasteiger partial charge < -0.3 is 0 Å². The molecule has 4 heteroatoms. The molecule has 1 aromatic heterocycles. The number of benzene rings is 1. The van der Waals surface area contributed by atoms with Crippen molar-refractivity contribution in [3.8, 4) is 0 Å². The Morgan fingerprint density at radius 3 is 2.75 bits per heavy atom. The molecular formula is C12H15N3O. The van der Waals surface area contributed by atoms with Crippen LogP contribution in [0.4, 0.5) is 0 Å². The molecule has 1 heterocycles. The fraction of sp³-hybridized carbons (Fsp3) is 0.250. The highest BCUT2D eigenvalue weighted by molar-refractivity contribution is 5.13. The van der Waals surface area contributed by atoms with E-state index in [-0.39, 0.29) is 0 Å². The van der Waals surface area contributed by atoms with Crippen molar-refractivity contribution in [3.05, 3.63) is 53.9 Å². The second-order valence-electron chi connectivity index (χ2n) is 3.58. The Balaban J connectivity index is 1.69. The minimum atomic E-state index is 0.563. The van der Waals surface area contributed by atoms with Crippen molar-refractivity contribution >= 4 is 0 Å². The lowest BCUT2D eigenvalue weighted by molar-refractivity contribution is 0.0228. The third-order valence-corrected chi connectivity index (χ3v) is 2.21. The number of nitrogens with zero attached hydrogens (tertiary/aromatic N) is 2. The first-order chi connectivity index (χ1) is 7.84. The van der Waals surface area contributed by atoms with Crippen molar-refractivity contribution in [3.63, 3.8) is 0 Å². The predicted molar refractivity (Wildman–Crippen MR) is 61.3 cm³/mol. The molecule has 0 atom stereocenters. The maximum absolute atomic E-state index is 5.33. The second-order valence-corrected chi connectivity index (χ2v) is 3.58. The van der Waals surface area contributed by atoms with E-state index in [1.165, 1.54) is 0 Å². The third kappa shape index (κ3) is 3.18. The molecule has 2 aromatic rings. The molecule has 0 aliphatic heterocycles. The monoisotopic (exact) mass is 217 g/mol. The molecule has 0 saturated heterocycles. The molecule has 0 unspecified atom stereocenters. The van der Waals surface area contributed by atoms with Gasteiger partial charge in [-0.15, -0.1) is 0 Å². The van der Waals surface area contributed by atoms with Crippen molar-refractivity contribution in [1.82, 2.24) is 15.3 Å². The Bertz CT molecular complexity index is 425. The summed E-state index contributed by atoms with van der Waals surface area (Å²) in [5, 5.41) is 4.23. The van der Waals surface area contributed by atoms with Gasteiger partial charge in [-0.1, -0.05) is 30.3 Å². The molecule has 2 rings (SSSR count). The van der Waals surface area contributed by atoms with Crippen molar-refractivity contribution < 1.29 is 4.84 Å². The molecule has 84 valence electrons. The highest BCUT2D eigenvalue weighted by Crippen LogP contribution is 1.99. The lowest BCUT2D eigenvalue weighted by Crippen LogP contribution is -2.14. The maximum atomic E-state index is 5.33. The number of hydroxylamine groups is 1. The van der Waals surface area contributed by atoms with E-state index in [0.717, 1.165) is 11.3 Å². The average molecular weight is 217 g/mol. The summed E-state index contributed by atoms with van der Waals surface area (Å²) in [4.78, 5) is 5.33. The highest BCUT2D eigenvalue weighted by atomic mass is 16.6. The van der Waals surface area contributed by atoms with Crippen LogP contribution in [0.1, 0.15) is 11.3 Å². The zero-order valence-electron chi connectivity index (χ0n) is 9.26. The van der Waals surface area contributed by atoms with Gasteiger partial charge in [0, 0.05) is 13.2 Å². The highest BCUT2D eigenvalue weighted by Gasteiger charge is 1.96. The van der Waals surface area contributed by atoms with Gasteiger partial charge in [0.25, 0.3) is 0 Å². The SMILES string of the molecule is Cn1ccc(CNOCc2ccccc2)n1. The van der Waals surface area contributed by atoms with Gasteiger partial charge in [0.15, 0.2) is 0 Å². The van der Waals surface area contributed by atoms with Crippen LogP contribution in [0.25, 0.3) is 0 Å². The lowest BCUT2D eigenvalue weighted by atomic mass is 10.2. The molecule has 1 aromatic carbocycles. The number of rotatable bonds is 5. The van der Waals surface area contributed by atoms with E-state index >= 15 is 0 Å². The molecule has 0 saturated carbocycles. The van der Waals surface area contributed by atoms with E-state index in [4.69, 9.17) is 4.84 Å². The summed E-state index contributed by atoms with van der Waals surface area (Å²) in [5.74, 6) is 0. The molecule has 1 N–H and O–H groups in total. The first kappa shape index (κ1) is 10.9. The summed E-state index contributed by atoms with van der Waals surface area (Å²) < 4.78 is 1.77. The predicted octanol–water partition coefficient (Wildman–Crippen LogP) is 1.64. The van der Waals surface area contributed by atoms with Gasteiger partial charge in [0.05, 0.1) is 18.8 Å². The van der Waals surface area contributed by atoms with Crippen LogP contribution in [0.3, 0.4) is 0 Å². The van der Waals surface area contributed by atoms with Crippen molar-refractivity contribution in [2.75, 3.05) is 0 Å². The molecule has 4 nitrogen and oxygen atoms in total. The van der Waals surface area contributed by atoms with Gasteiger partial charge in [-0.3, -0.25) is 9.52 Å². The van der Waals surface area contributed by atoms with E-state index in [0.29, 0.717) is 13.2 Å². The zero-order valence-corrected chi connectivity index (χ0v) is 9.26. The molecule has 0 radical (unpaired) electrons. The number of hydrogen-bond acceptors (Lipinski definition) is 3. The van der Waals surface area contributed by atoms with Crippen LogP contribution < -0.4 is 5.48 Å². The van der Waals surface area contributed by atoms with Gasteiger partial charge in [-0.05, 0) is 11.6 Å². The third-order valence-electron chi connectivity index (χ3n) is 2.21. The molecule has 0 aliphatic rings. The molecule has 0 bridgehead atoms. The maximum Gasteiger partial charge on any atom is 0.0933 e. The van der Waals surface area contributed by atoms with Crippen LogP contribution in [0, 0.1) is 0 Å². The van der Waals surface area contributed by atoms with Crippen LogP contribution in [-0.2, 0) is 25.0 Å². The first-order valence-corrected chi connectivity index (χ1v) is 5.22. The smallest absolute Gasteiger partial charge is 0.0933 e. The van der Waals surface area contributed by atoms with Crippen molar-refractivity contribution in [2.45, 2.75) is 13.2 Å². The number of nitrogens with one attached hydrogen (secondary N) is 1. The van der Waals surface area contributed by atoms with Crippen LogP contribution in [0.2, 0.25) is 0 Å². The normalized spacial score (nSPS) is 10.6. The van der Waals surface area contributed by atoms with Gasteiger partial charge in [-0.25, -0.2) is 0 Å². The standard InChI is InChI=1S/C12H15N3O/c1-15-8-7-12(14-15)9-13-16-10-11-5-3-2-4-6-11/h2-8,13H,9-10H2,1H3. The van der Waals surface area contributed by atoms with E-state index in [2.05, 4.69) is 10.6 Å². The number of aromatic nitrogens is 2. The summed E-state index contributed by atoms with van der Waals surface area (Å²) in [6.07, 6.45) is 1.91. The quantitative estimate of drug-likeness (QED) is 0.611. The molecule has 0 spiro atoms. The molecule has 0 fully saturated rings. The lowest BCUT2D eigenvalue weighted by Gasteiger charge is -2.03. The van der Waals surface area contributed by atoms with Crippen LogP contribution >= 0.6 is 0 Å². The van der Waals surface area contributed by atoms with Gasteiger partial charge in [0.1, 0.15) is 0 Å². The summed E-state index contributed by atoms with van der Waals surface area (Å²) >= 11 is 0. The zero-order chi connectivity index (χ0) is 11.2. The Kier molecular flexibility index (Phi) is 3.69. The largest absolute Gasteiger partial charge is 0.297 e. The van der Waals surface area contributed by atoms with E-state index in [9.17, 15) is 0 Å². The Labute approximate surface area is 94.8 Å². The molecule has 0 amide bonds. The number of aryl methyl sites for hydroxylation is 1. The van der Waals surface area contributed by atoms with Gasteiger partial charge in [0.2, 0.25) is 0 Å². The van der Waals surface area contributed by atoms with Crippen LogP contribution in [0.5, 0.6) is 0 Å². The van der Waals surface area contributed by atoms with Crippen LogP contribution in [-0.4, -0.2) is 9.78 Å². The summed E-state index contributed by atoms with van der Waals surface area (Å²) in [6, 6.07) is 12.0. The van der Waals surface area contributed by atoms with Crippen molar-refractivity contribution in [1.29, 1.82) is 0 Å². The Hall–Kier alpha value is -1.65. The van der Waals surface area contributed by atoms with E-state index < -0.39 is 0 Å². The molecule has 16 heavy (non-hydrogen) atoms. The number of hydrogen-bond donors (Lipinski definition) is 1. The molecular weight excluding hydrogens is 202 g/mol.